The molecule has 1 aromatic rings. The molecule has 112 valence electrons. The predicted octanol–water partition coefficient (Wildman–Crippen LogP) is 0.989. The van der Waals surface area contributed by atoms with Crippen LogP contribution in [-0.4, -0.2) is 44.9 Å². The third-order valence-electron chi connectivity index (χ3n) is 3.02. The number of carboxylic acids is 1. The molecule has 1 heterocycles. The molecule has 0 fully saturated rings. The van der Waals surface area contributed by atoms with Crippen LogP contribution in [0.2, 0.25) is 0 Å². The van der Waals surface area contributed by atoms with Gasteiger partial charge in [-0.2, -0.15) is 5.10 Å². The van der Waals surface area contributed by atoms with Gasteiger partial charge >= 0.3 is 12.0 Å². The number of hydrogen-bond donors (Lipinski definition) is 2. The molecule has 0 spiro atoms. The van der Waals surface area contributed by atoms with Crippen LogP contribution in [0.1, 0.15) is 31.5 Å². The van der Waals surface area contributed by atoms with E-state index < -0.39 is 5.97 Å². The smallest absolute Gasteiger partial charge is 0.317 e. The molecule has 7 heteroatoms. The van der Waals surface area contributed by atoms with E-state index in [-0.39, 0.29) is 19.0 Å². The number of aromatic nitrogens is 2. The van der Waals surface area contributed by atoms with Gasteiger partial charge in [0, 0.05) is 38.4 Å². The Kier molecular flexibility index (Phi) is 6.02. The number of rotatable bonds is 7. The van der Waals surface area contributed by atoms with E-state index in [1.54, 1.807) is 4.68 Å². The number of nitrogens with zero attached hydrogens (tertiary/aromatic N) is 3. The summed E-state index contributed by atoms with van der Waals surface area (Å²) in [6, 6.07) is -0.250. The van der Waals surface area contributed by atoms with Crippen LogP contribution in [-0.2, 0) is 24.8 Å². The van der Waals surface area contributed by atoms with E-state index in [4.69, 9.17) is 5.11 Å². The minimum atomic E-state index is -0.906. The lowest BCUT2D eigenvalue weighted by atomic mass is 10.2. The molecule has 1 rings (SSSR count). The largest absolute Gasteiger partial charge is 0.481 e. The van der Waals surface area contributed by atoms with Crippen molar-refractivity contribution >= 4 is 12.0 Å². The molecule has 0 radical (unpaired) electrons. The fourth-order valence-corrected chi connectivity index (χ4v) is 1.95. The van der Waals surface area contributed by atoms with Crippen LogP contribution < -0.4 is 5.32 Å². The lowest BCUT2D eigenvalue weighted by molar-refractivity contribution is -0.137. The van der Waals surface area contributed by atoms with E-state index in [2.05, 4.69) is 10.4 Å². The van der Waals surface area contributed by atoms with E-state index in [1.165, 1.54) is 4.90 Å². The molecule has 0 aliphatic heterocycles. The molecular formula is C13H22N4O3. The van der Waals surface area contributed by atoms with Gasteiger partial charge in [-0.1, -0.05) is 6.92 Å². The van der Waals surface area contributed by atoms with Gasteiger partial charge in [0.05, 0.1) is 12.1 Å². The molecular weight excluding hydrogens is 260 g/mol. The van der Waals surface area contributed by atoms with Crippen molar-refractivity contribution in [3.05, 3.63) is 17.5 Å². The summed E-state index contributed by atoms with van der Waals surface area (Å²) in [5, 5.41) is 15.8. The maximum absolute atomic E-state index is 12.0. The second kappa shape index (κ2) is 7.52. The van der Waals surface area contributed by atoms with Gasteiger partial charge in [-0.3, -0.25) is 9.48 Å². The minimum Gasteiger partial charge on any atom is -0.481 e. The Hall–Kier alpha value is -2.05. The summed E-state index contributed by atoms with van der Waals surface area (Å²) in [4.78, 5) is 24.0. The van der Waals surface area contributed by atoms with Gasteiger partial charge in [-0.05, 0) is 13.3 Å². The second-order valence-electron chi connectivity index (χ2n) is 4.51. The van der Waals surface area contributed by atoms with Crippen LogP contribution in [0.25, 0.3) is 0 Å². The number of amides is 2. The summed E-state index contributed by atoms with van der Waals surface area (Å²) in [6.45, 7) is 4.93. The van der Waals surface area contributed by atoms with E-state index >= 15 is 0 Å². The molecule has 2 N–H and O–H groups in total. The summed E-state index contributed by atoms with van der Waals surface area (Å²) in [7, 11) is 1.84. The zero-order valence-corrected chi connectivity index (χ0v) is 12.2. The maximum atomic E-state index is 12.0. The fourth-order valence-electron chi connectivity index (χ4n) is 1.95. The van der Waals surface area contributed by atoms with Gasteiger partial charge in [0.2, 0.25) is 0 Å². The molecule has 7 nitrogen and oxygen atoms in total. The first kappa shape index (κ1) is 16.0. The molecule has 0 aromatic carbocycles. The third-order valence-corrected chi connectivity index (χ3v) is 3.02. The number of urea groups is 1. The highest BCUT2D eigenvalue weighted by atomic mass is 16.4. The van der Waals surface area contributed by atoms with E-state index in [1.807, 2.05) is 27.1 Å². The van der Waals surface area contributed by atoms with Gasteiger partial charge in [0.1, 0.15) is 0 Å². The van der Waals surface area contributed by atoms with Crippen LogP contribution in [0.15, 0.2) is 6.20 Å². The Morgan fingerprint density at radius 3 is 2.70 bits per heavy atom. The molecule has 0 aliphatic rings. The van der Waals surface area contributed by atoms with Gasteiger partial charge < -0.3 is 15.3 Å². The number of carboxylic acid groups (broad SMARTS) is 1. The van der Waals surface area contributed by atoms with Gasteiger partial charge in [-0.25, -0.2) is 4.79 Å². The Balaban J connectivity index is 2.54. The highest BCUT2D eigenvalue weighted by Crippen LogP contribution is 2.07. The lowest BCUT2D eigenvalue weighted by Crippen LogP contribution is -2.40. The molecule has 0 atom stereocenters. The molecule has 0 aliphatic carbocycles. The lowest BCUT2D eigenvalue weighted by Gasteiger charge is -2.20. The average Bonchev–Trinajstić information content (AvgIpc) is 2.77. The number of carbonyl (C=O) groups excluding carboxylic acids is 1. The Morgan fingerprint density at radius 2 is 2.15 bits per heavy atom. The molecule has 0 saturated heterocycles. The number of hydrogen-bond acceptors (Lipinski definition) is 3. The minimum absolute atomic E-state index is 0.0473. The van der Waals surface area contributed by atoms with Crippen molar-refractivity contribution in [2.75, 3.05) is 13.1 Å². The van der Waals surface area contributed by atoms with Gasteiger partial charge in [-0.15, -0.1) is 0 Å². The first-order valence-electron chi connectivity index (χ1n) is 6.73. The fraction of sp³-hybridized carbons (Fsp3) is 0.615. The first-order chi connectivity index (χ1) is 9.47. The Bertz CT molecular complexity index is 470. The van der Waals surface area contributed by atoms with Crippen molar-refractivity contribution in [3.8, 4) is 0 Å². The zero-order chi connectivity index (χ0) is 15.1. The van der Waals surface area contributed by atoms with Crippen LogP contribution in [0, 0.1) is 0 Å². The van der Waals surface area contributed by atoms with Crippen molar-refractivity contribution in [2.24, 2.45) is 7.05 Å². The van der Waals surface area contributed by atoms with E-state index in [0.29, 0.717) is 13.1 Å². The third kappa shape index (κ3) is 4.56. The summed E-state index contributed by atoms with van der Waals surface area (Å²) < 4.78 is 1.72. The zero-order valence-electron chi connectivity index (χ0n) is 12.2. The summed E-state index contributed by atoms with van der Waals surface area (Å²) in [5.74, 6) is -0.906. The highest BCUT2D eigenvalue weighted by molar-refractivity contribution is 5.75. The van der Waals surface area contributed by atoms with E-state index in [0.717, 1.165) is 17.7 Å². The number of aryl methyl sites for hydroxylation is 2. The molecule has 0 bridgehead atoms. The highest BCUT2D eigenvalue weighted by Gasteiger charge is 2.14. The quantitative estimate of drug-likeness (QED) is 0.780. The van der Waals surface area contributed by atoms with Gasteiger partial charge in [0.15, 0.2) is 0 Å². The predicted molar refractivity (Wildman–Crippen MR) is 74.3 cm³/mol. The van der Waals surface area contributed by atoms with Crippen molar-refractivity contribution in [3.63, 3.8) is 0 Å². The van der Waals surface area contributed by atoms with Gasteiger partial charge in [0.25, 0.3) is 0 Å². The van der Waals surface area contributed by atoms with Crippen molar-refractivity contribution in [2.45, 2.75) is 33.2 Å². The standard InChI is InChI=1S/C13H22N4O3/c1-4-11-10(9-16(3)15-11)8-14-13(20)17(5-2)7-6-12(18)19/h9H,4-8H2,1-3H3,(H,14,20)(H,18,19). The summed E-state index contributed by atoms with van der Waals surface area (Å²) >= 11 is 0. The van der Waals surface area contributed by atoms with Crippen molar-refractivity contribution < 1.29 is 14.7 Å². The number of carbonyl (C=O) groups is 2. The number of aliphatic carboxylic acids is 1. The van der Waals surface area contributed by atoms with Crippen LogP contribution >= 0.6 is 0 Å². The number of nitrogens with one attached hydrogen (secondary N) is 1. The van der Waals surface area contributed by atoms with Crippen LogP contribution in [0.3, 0.4) is 0 Å². The SMILES string of the molecule is CCc1nn(C)cc1CNC(=O)N(CC)CCC(=O)O. The molecule has 1 aromatic heterocycles. The molecule has 0 unspecified atom stereocenters. The Morgan fingerprint density at radius 1 is 1.45 bits per heavy atom. The first-order valence-corrected chi connectivity index (χ1v) is 6.73. The Labute approximate surface area is 118 Å². The topological polar surface area (TPSA) is 87.5 Å². The normalized spacial score (nSPS) is 10.3. The monoisotopic (exact) mass is 282 g/mol. The van der Waals surface area contributed by atoms with Crippen LogP contribution in [0.5, 0.6) is 0 Å². The van der Waals surface area contributed by atoms with Crippen molar-refractivity contribution in [1.29, 1.82) is 0 Å². The average molecular weight is 282 g/mol. The van der Waals surface area contributed by atoms with Crippen molar-refractivity contribution in [1.82, 2.24) is 20.0 Å². The molecule has 0 saturated carbocycles. The van der Waals surface area contributed by atoms with Crippen LogP contribution in [0.4, 0.5) is 4.79 Å². The molecule has 20 heavy (non-hydrogen) atoms. The summed E-state index contributed by atoms with van der Waals surface area (Å²) in [5.41, 5.74) is 1.94. The second-order valence-corrected chi connectivity index (χ2v) is 4.51. The molecule has 2 amide bonds. The van der Waals surface area contributed by atoms with E-state index in [9.17, 15) is 9.59 Å². The maximum Gasteiger partial charge on any atom is 0.317 e. The summed E-state index contributed by atoms with van der Waals surface area (Å²) in [6.07, 6.45) is 2.64.